The van der Waals surface area contributed by atoms with Gasteiger partial charge in [-0.05, 0) is 25.8 Å². The molecule has 0 radical (unpaired) electrons. The molecule has 6 heteroatoms. The van der Waals surface area contributed by atoms with Gasteiger partial charge in [0.25, 0.3) is 0 Å². The van der Waals surface area contributed by atoms with E-state index in [9.17, 15) is 4.79 Å². The Morgan fingerprint density at radius 2 is 2.45 bits per heavy atom. The summed E-state index contributed by atoms with van der Waals surface area (Å²) in [5.41, 5.74) is 0.888. The maximum Gasteiger partial charge on any atom is 0.303 e. The van der Waals surface area contributed by atoms with Crippen molar-refractivity contribution in [2.75, 3.05) is 13.7 Å². The molecule has 0 aliphatic carbocycles. The third-order valence-corrected chi connectivity index (χ3v) is 3.70. The molecule has 1 saturated heterocycles. The molecule has 0 spiro atoms. The highest BCUT2D eigenvalue weighted by Gasteiger charge is 2.24. The highest BCUT2D eigenvalue weighted by molar-refractivity contribution is 5.66. The average Bonchev–Trinajstić information content (AvgIpc) is 2.85. The van der Waals surface area contributed by atoms with E-state index in [2.05, 4.69) is 10.1 Å². The number of methoxy groups -OCH3 is 1. The molecule has 1 fully saturated rings. The van der Waals surface area contributed by atoms with Crippen LogP contribution in [-0.4, -0.2) is 40.8 Å². The smallest absolute Gasteiger partial charge is 0.303 e. The molecular formula is C14H22N2O4. The van der Waals surface area contributed by atoms with E-state index in [1.807, 2.05) is 6.07 Å². The molecule has 2 heterocycles. The highest BCUT2D eigenvalue weighted by atomic mass is 16.5. The lowest BCUT2D eigenvalue weighted by molar-refractivity contribution is -0.137. The second-order valence-electron chi connectivity index (χ2n) is 5.27. The van der Waals surface area contributed by atoms with Crippen molar-refractivity contribution in [2.24, 2.45) is 0 Å². The fourth-order valence-electron chi connectivity index (χ4n) is 2.73. The van der Waals surface area contributed by atoms with E-state index in [1.165, 1.54) is 6.42 Å². The fourth-order valence-corrected chi connectivity index (χ4v) is 2.73. The lowest BCUT2D eigenvalue weighted by Gasteiger charge is -2.34. The maximum absolute atomic E-state index is 10.7. The SMILES string of the molecule is COCc1cc(CN2CCCCC2CCC(=O)O)no1. The monoisotopic (exact) mass is 282 g/mol. The van der Waals surface area contributed by atoms with E-state index < -0.39 is 5.97 Å². The molecule has 0 aromatic carbocycles. The van der Waals surface area contributed by atoms with Gasteiger partial charge in [-0.25, -0.2) is 0 Å². The lowest BCUT2D eigenvalue weighted by atomic mass is 9.97. The number of likely N-dealkylation sites (tertiary alicyclic amines) is 1. The van der Waals surface area contributed by atoms with E-state index in [0.717, 1.165) is 37.4 Å². The predicted molar refractivity (Wildman–Crippen MR) is 72.1 cm³/mol. The third kappa shape index (κ3) is 4.31. The van der Waals surface area contributed by atoms with Gasteiger partial charge in [-0.1, -0.05) is 11.6 Å². The van der Waals surface area contributed by atoms with Crippen molar-refractivity contribution in [1.29, 1.82) is 0 Å². The van der Waals surface area contributed by atoms with Gasteiger partial charge in [0.15, 0.2) is 5.76 Å². The maximum atomic E-state index is 10.7. The first-order valence-corrected chi connectivity index (χ1v) is 7.08. The number of aliphatic carboxylic acids is 1. The Balaban J connectivity index is 1.91. The molecule has 1 aliphatic rings. The molecule has 1 unspecified atom stereocenters. The van der Waals surface area contributed by atoms with Gasteiger partial charge in [0, 0.05) is 32.2 Å². The summed E-state index contributed by atoms with van der Waals surface area (Å²) < 4.78 is 10.2. The molecule has 0 amide bonds. The Morgan fingerprint density at radius 3 is 3.20 bits per heavy atom. The van der Waals surface area contributed by atoms with Crippen molar-refractivity contribution >= 4 is 5.97 Å². The van der Waals surface area contributed by atoms with Gasteiger partial charge >= 0.3 is 5.97 Å². The number of nitrogens with zero attached hydrogens (tertiary/aromatic N) is 2. The summed E-state index contributed by atoms with van der Waals surface area (Å²) in [7, 11) is 1.62. The van der Waals surface area contributed by atoms with Crippen LogP contribution >= 0.6 is 0 Å². The van der Waals surface area contributed by atoms with Crippen LogP contribution in [0.4, 0.5) is 0 Å². The normalized spacial score (nSPS) is 20.1. The van der Waals surface area contributed by atoms with E-state index in [4.69, 9.17) is 14.4 Å². The second kappa shape index (κ2) is 7.40. The number of carboxylic acid groups (broad SMARTS) is 1. The Kier molecular flexibility index (Phi) is 5.55. The number of aromatic nitrogens is 1. The standard InChI is InChI=1S/C14H22N2O4/c1-19-10-13-8-11(15-20-13)9-16-7-3-2-4-12(16)5-6-14(17)18/h8,12H,2-7,9-10H2,1H3,(H,17,18). The second-order valence-corrected chi connectivity index (χ2v) is 5.27. The zero-order chi connectivity index (χ0) is 14.4. The highest BCUT2D eigenvalue weighted by Crippen LogP contribution is 2.23. The van der Waals surface area contributed by atoms with Crippen LogP contribution in [0.1, 0.15) is 43.6 Å². The number of piperidine rings is 1. The number of hydrogen-bond donors (Lipinski definition) is 1. The molecule has 1 N–H and O–H groups in total. The summed E-state index contributed by atoms with van der Waals surface area (Å²) in [4.78, 5) is 13.0. The first-order valence-electron chi connectivity index (χ1n) is 7.08. The van der Waals surface area contributed by atoms with Crippen LogP contribution in [0.25, 0.3) is 0 Å². The van der Waals surface area contributed by atoms with Crippen LogP contribution < -0.4 is 0 Å². The molecule has 1 atom stereocenters. The summed E-state index contributed by atoms with van der Waals surface area (Å²) in [5.74, 6) is 0.000866. The predicted octanol–water partition coefficient (Wildman–Crippen LogP) is 2.04. The van der Waals surface area contributed by atoms with Gasteiger partial charge < -0.3 is 14.4 Å². The van der Waals surface area contributed by atoms with Crippen LogP contribution in [0.15, 0.2) is 10.6 Å². The first kappa shape index (κ1) is 15.0. The molecule has 0 bridgehead atoms. The number of hydrogen-bond acceptors (Lipinski definition) is 5. The van der Waals surface area contributed by atoms with Crippen LogP contribution in [0.3, 0.4) is 0 Å². The number of carbonyl (C=O) groups is 1. The molecule has 1 aromatic rings. The molecule has 20 heavy (non-hydrogen) atoms. The molecule has 1 aromatic heterocycles. The van der Waals surface area contributed by atoms with Crippen molar-refractivity contribution < 1.29 is 19.2 Å². The Labute approximate surface area is 118 Å². The summed E-state index contributed by atoms with van der Waals surface area (Å²) >= 11 is 0. The van der Waals surface area contributed by atoms with Crippen molar-refractivity contribution in [3.05, 3.63) is 17.5 Å². The Morgan fingerprint density at radius 1 is 1.60 bits per heavy atom. The van der Waals surface area contributed by atoms with Crippen molar-refractivity contribution in [1.82, 2.24) is 10.1 Å². The third-order valence-electron chi connectivity index (χ3n) is 3.70. The van der Waals surface area contributed by atoms with Crippen molar-refractivity contribution in [3.63, 3.8) is 0 Å². The van der Waals surface area contributed by atoms with E-state index in [0.29, 0.717) is 19.1 Å². The zero-order valence-corrected chi connectivity index (χ0v) is 11.9. The van der Waals surface area contributed by atoms with E-state index >= 15 is 0 Å². The minimum Gasteiger partial charge on any atom is -0.481 e. The van der Waals surface area contributed by atoms with Crippen LogP contribution in [-0.2, 0) is 22.7 Å². The quantitative estimate of drug-likeness (QED) is 0.824. The summed E-state index contributed by atoms with van der Waals surface area (Å²) in [6.07, 6.45) is 4.34. The first-order chi connectivity index (χ1) is 9.69. The Bertz CT molecular complexity index is 433. The molecule has 6 nitrogen and oxygen atoms in total. The number of rotatable bonds is 7. The van der Waals surface area contributed by atoms with Crippen LogP contribution in [0, 0.1) is 0 Å². The lowest BCUT2D eigenvalue weighted by Crippen LogP contribution is -2.39. The van der Waals surface area contributed by atoms with Gasteiger partial charge in [0.2, 0.25) is 0 Å². The average molecular weight is 282 g/mol. The number of ether oxygens (including phenoxy) is 1. The van der Waals surface area contributed by atoms with Crippen molar-refractivity contribution in [3.8, 4) is 0 Å². The number of carboxylic acids is 1. The van der Waals surface area contributed by atoms with Gasteiger partial charge in [-0.3, -0.25) is 9.69 Å². The molecule has 2 rings (SSSR count). The summed E-state index contributed by atoms with van der Waals surface area (Å²) in [6.45, 7) is 2.14. The van der Waals surface area contributed by atoms with E-state index in [-0.39, 0.29) is 6.42 Å². The van der Waals surface area contributed by atoms with Gasteiger partial charge in [0.05, 0.1) is 5.69 Å². The summed E-state index contributed by atoms with van der Waals surface area (Å²) in [6, 6.07) is 2.24. The largest absolute Gasteiger partial charge is 0.481 e. The molecular weight excluding hydrogens is 260 g/mol. The fraction of sp³-hybridized carbons (Fsp3) is 0.714. The molecule has 112 valence electrons. The van der Waals surface area contributed by atoms with E-state index in [1.54, 1.807) is 7.11 Å². The van der Waals surface area contributed by atoms with Crippen LogP contribution in [0.2, 0.25) is 0 Å². The van der Waals surface area contributed by atoms with Crippen LogP contribution in [0.5, 0.6) is 0 Å². The van der Waals surface area contributed by atoms with Gasteiger partial charge in [0.1, 0.15) is 6.61 Å². The summed E-state index contributed by atoms with van der Waals surface area (Å²) in [5, 5.41) is 12.9. The molecule has 1 aliphatic heterocycles. The Hall–Kier alpha value is -1.40. The zero-order valence-electron chi connectivity index (χ0n) is 11.9. The minimum atomic E-state index is -0.723. The minimum absolute atomic E-state index is 0.231. The van der Waals surface area contributed by atoms with Gasteiger partial charge in [-0.15, -0.1) is 0 Å². The molecule has 0 saturated carbocycles. The van der Waals surface area contributed by atoms with Gasteiger partial charge in [-0.2, -0.15) is 0 Å². The van der Waals surface area contributed by atoms with Crippen molar-refractivity contribution in [2.45, 2.75) is 51.3 Å². The topological polar surface area (TPSA) is 75.8 Å².